The van der Waals surface area contributed by atoms with Crippen molar-refractivity contribution < 1.29 is 4.39 Å². The van der Waals surface area contributed by atoms with E-state index in [4.69, 9.17) is 6.42 Å². The number of hydrogen-bond acceptors (Lipinski definition) is 1. The van der Waals surface area contributed by atoms with Gasteiger partial charge in [0.2, 0.25) is 0 Å². The molecule has 0 amide bonds. The normalized spacial score (nSPS) is 11.7. The fraction of sp³-hybridized carbons (Fsp3) is 0.263. The smallest absolute Gasteiger partial charge is 0.123 e. The molecule has 0 saturated carbocycles. The van der Waals surface area contributed by atoms with Crippen LogP contribution in [0.15, 0.2) is 48.5 Å². The minimum absolute atomic E-state index is 0.165. The van der Waals surface area contributed by atoms with E-state index in [1.165, 1.54) is 12.1 Å². The van der Waals surface area contributed by atoms with Gasteiger partial charge in [-0.2, -0.15) is 0 Å². The first-order valence-corrected chi connectivity index (χ1v) is 7.31. The Bertz CT molecular complexity index is 610. The van der Waals surface area contributed by atoms with Gasteiger partial charge in [0.25, 0.3) is 0 Å². The van der Waals surface area contributed by atoms with Crippen LogP contribution in [-0.4, -0.2) is 0 Å². The quantitative estimate of drug-likeness (QED) is 0.722. The van der Waals surface area contributed by atoms with E-state index in [1.807, 2.05) is 36.4 Å². The summed E-state index contributed by atoms with van der Waals surface area (Å²) in [7, 11) is 0. The molecular formula is C19H20FN. The number of anilines is 1. The van der Waals surface area contributed by atoms with Gasteiger partial charge >= 0.3 is 0 Å². The van der Waals surface area contributed by atoms with E-state index >= 15 is 0 Å². The predicted octanol–water partition coefficient (Wildman–Crippen LogP) is 5.15. The molecule has 0 bridgehead atoms. The minimum atomic E-state index is -0.206. The number of terminal acetylenes is 1. The molecule has 1 nitrogen and oxygen atoms in total. The maximum absolute atomic E-state index is 13.1. The Kier molecular flexibility index (Phi) is 5.40. The standard InChI is InChI=1S/C19H20FN/c1-3-5-9-19(16-10-12-17(20)13-11-16)21-18-8-6-7-15(4-2)14-18/h2,6-8,10-14,19,21H,3,5,9H2,1H3. The molecule has 2 heteroatoms. The van der Waals surface area contributed by atoms with Crippen LogP contribution in [0.1, 0.15) is 43.4 Å². The Morgan fingerprint density at radius 3 is 2.62 bits per heavy atom. The molecule has 2 aromatic carbocycles. The van der Waals surface area contributed by atoms with Gasteiger partial charge in [-0.25, -0.2) is 4.39 Å². The summed E-state index contributed by atoms with van der Waals surface area (Å²) in [6, 6.07) is 14.7. The Morgan fingerprint density at radius 2 is 1.95 bits per heavy atom. The van der Waals surface area contributed by atoms with E-state index in [0.717, 1.165) is 36.1 Å². The van der Waals surface area contributed by atoms with Crippen molar-refractivity contribution in [2.75, 3.05) is 5.32 Å². The lowest BCUT2D eigenvalue weighted by atomic mass is 10.0. The third-order valence-electron chi connectivity index (χ3n) is 3.49. The second kappa shape index (κ2) is 7.50. The Labute approximate surface area is 126 Å². The lowest BCUT2D eigenvalue weighted by molar-refractivity contribution is 0.616. The second-order valence-corrected chi connectivity index (χ2v) is 5.12. The Morgan fingerprint density at radius 1 is 1.19 bits per heavy atom. The first kappa shape index (κ1) is 15.1. The molecule has 0 spiro atoms. The summed E-state index contributed by atoms with van der Waals surface area (Å²) in [5, 5.41) is 3.51. The first-order chi connectivity index (χ1) is 10.2. The van der Waals surface area contributed by atoms with E-state index in [2.05, 4.69) is 18.2 Å². The van der Waals surface area contributed by atoms with Crippen molar-refractivity contribution in [2.24, 2.45) is 0 Å². The van der Waals surface area contributed by atoms with E-state index in [0.29, 0.717) is 0 Å². The number of halogens is 1. The summed E-state index contributed by atoms with van der Waals surface area (Å²) in [4.78, 5) is 0. The fourth-order valence-corrected chi connectivity index (χ4v) is 2.33. The van der Waals surface area contributed by atoms with Crippen LogP contribution in [-0.2, 0) is 0 Å². The molecule has 2 rings (SSSR count). The van der Waals surface area contributed by atoms with Crippen LogP contribution >= 0.6 is 0 Å². The molecule has 2 aromatic rings. The third-order valence-corrected chi connectivity index (χ3v) is 3.49. The minimum Gasteiger partial charge on any atom is -0.378 e. The topological polar surface area (TPSA) is 12.0 Å². The van der Waals surface area contributed by atoms with Crippen LogP contribution in [0.4, 0.5) is 10.1 Å². The van der Waals surface area contributed by atoms with Gasteiger partial charge in [-0.3, -0.25) is 0 Å². The zero-order valence-electron chi connectivity index (χ0n) is 12.3. The zero-order valence-corrected chi connectivity index (χ0v) is 12.3. The van der Waals surface area contributed by atoms with Gasteiger partial charge in [-0.15, -0.1) is 6.42 Å². The Balaban J connectivity index is 2.19. The molecule has 0 radical (unpaired) electrons. The van der Waals surface area contributed by atoms with E-state index in [-0.39, 0.29) is 11.9 Å². The van der Waals surface area contributed by atoms with Crippen molar-refractivity contribution in [2.45, 2.75) is 32.2 Å². The van der Waals surface area contributed by atoms with Crippen molar-refractivity contribution in [1.82, 2.24) is 0 Å². The first-order valence-electron chi connectivity index (χ1n) is 7.31. The van der Waals surface area contributed by atoms with Gasteiger partial charge < -0.3 is 5.32 Å². The SMILES string of the molecule is C#Cc1cccc(NC(CCCC)c2ccc(F)cc2)c1. The van der Waals surface area contributed by atoms with Crippen molar-refractivity contribution in [3.8, 4) is 12.3 Å². The summed E-state index contributed by atoms with van der Waals surface area (Å²) in [6.45, 7) is 2.17. The predicted molar refractivity (Wildman–Crippen MR) is 86.7 cm³/mol. The van der Waals surface area contributed by atoms with Gasteiger partial charge in [0.15, 0.2) is 0 Å². The summed E-state index contributed by atoms with van der Waals surface area (Å²) in [6.07, 6.45) is 8.68. The molecular weight excluding hydrogens is 261 g/mol. The second-order valence-electron chi connectivity index (χ2n) is 5.12. The van der Waals surface area contributed by atoms with E-state index < -0.39 is 0 Å². The molecule has 1 atom stereocenters. The highest BCUT2D eigenvalue weighted by atomic mass is 19.1. The number of benzene rings is 2. The largest absolute Gasteiger partial charge is 0.378 e. The van der Waals surface area contributed by atoms with Crippen LogP contribution in [0.25, 0.3) is 0 Å². The molecule has 108 valence electrons. The number of nitrogens with one attached hydrogen (secondary N) is 1. The molecule has 0 heterocycles. The van der Waals surface area contributed by atoms with Crippen LogP contribution in [0.5, 0.6) is 0 Å². The average Bonchev–Trinajstić information content (AvgIpc) is 2.52. The third kappa shape index (κ3) is 4.36. The average molecular weight is 281 g/mol. The number of hydrogen-bond donors (Lipinski definition) is 1. The van der Waals surface area contributed by atoms with Gasteiger partial charge in [0.1, 0.15) is 5.82 Å². The molecule has 1 N–H and O–H groups in total. The van der Waals surface area contributed by atoms with Crippen LogP contribution in [0, 0.1) is 18.2 Å². The molecule has 0 aliphatic carbocycles. The lowest BCUT2D eigenvalue weighted by Crippen LogP contribution is -2.11. The Hall–Kier alpha value is -2.27. The van der Waals surface area contributed by atoms with E-state index in [1.54, 1.807) is 0 Å². The summed E-state index contributed by atoms with van der Waals surface area (Å²) < 4.78 is 13.1. The summed E-state index contributed by atoms with van der Waals surface area (Å²) >= 11 is 0. The van der Waals surface area contributed by atoms with Gasteiger partial charge in [0.05, 0.1) is 6.04 Å². The van der Waals surface area contributed by atoms with Gasteiger partial charge in [0, 0.05) is 11.3 Å². The van der Waals surface area contributed by atoms with Crippen molar-refractivity contribution in [1.29, 1.82) is 0 Å². The van der Waals surface area contributed by atoms with Crippen LogP contribution < -0.4 is 5.32 Å². The molecule has 0 aromatic heterocycles. The molecule has 0 aliphatic heterocycles. The summed E-state index contributed by atoms with van der Waals surface area (Å²) in [5.74, 6) is 2.44. The molecule has 21 heavy (non-hydrogen) atoms. The highest BCUT2D eigenvalue weighted by Gasteiger charge is 2.11. The molecule has 0 saturated heterocycles. The number of rotatable bonds is 6. The lowest BCUT2D eigenvalue weighted by Gasteiger charge is -2.20. The maximum Gasteiger partial charge on any atom is 0.123 e. The zero-order chi connectivity index (χ0) is 15.1. The van der Waals surface area contributed by atoms with Gasteiger partial charge in [-0.1, -0.05) is 43.9 Å². The highest BCUT2D eigenvalue weighted by molar-refractivity contribution is 5.51. The summed E-state index contributed by atoms with van der Waals surface area (Å²) in [5.41, 5.74) is 2.94. The van der Waals surface area contributed by atoms with Crippen LogP contribution in [0.2, 0.25) is 0 Å². The number of unbranched alkanes of at least 4 members (excludes halogenated alkanes) is 1. The van der Waals surface area contributed by atoms with Gasteiger partial charge in [-0.05, 0) is 42.3 Å². The monoisotopic (exact) mass is 281 g/mol. The van der Waals surface area contributed by atoms with E-state index in [9.17, 15) is 4.39 Å². The highest BCUT2D eigenvalue weighted by Crippen LogP contribution is 2.25. The maximum atomic E-state index is 13.1. The fourth-order valence-electron chi connectivity index (χ4n) is 2.33. The molecule has 1 unspecified atom stereocenters. The van der Waals surface area contributed by atoms with Crippen LogP contribution in [0.3, 0.4) is 0 Å². The van der Waals surface area contributed by atoms with Crippen molar-refractivity contribution in [3.63, 3.8) is 0 Å². The molecule has 0 aliphatic rings. The molecule has 0 fully saturated rings. The van der Waals surface area contributed by atoms with Crippen molar-refractivity contribution >= 4 is 5.69 Å². The van der Waals surface area contributed by atoms with Crippen molar-refractivity contribution in [3.05, 3.63) is 65.5 Å².